The first-order chi connectivity index (χ1) is 12.5. The molecule has 0 saturated heterocycles. The molecule has 0 atom stereocenters. The van der Waals surface area contributed by atoms with Crippen LogP contribution in [-0.4, -0.2) is 23.5 Å². The molecule has 3 aromatic rings. The second kappa shape index (κ2) is 8.25. The Morgan fingerprint density at radius 3 is 2.73 bits per heavy atom. The third kappa shape index (κ3) is 4.56. The highest BCUT2D eigenvalue weighted by Gasteiger charge is 2.11. The molecule has 0 spiro atoms. The van der Waals surface area contributed by atoms with Gasteiger partial charge in [-0.3, -0.25) is 9.59 Å². The summed E-state index contributed by atoms with van der Waals surface area (Å²) in [6.45, 7) is -0.369. The SMILES string of the molecule is O=C(COC(=O)CCc1c[nH]c2ccccc12)Nc1ccc(Cl)cc1Cl. The van der Waals surface area contributed by atoms with Gasteiger partial charge in [-0.05, 0) is 36.2 Å². The van der Waals surface area contributed by atoms with Crippen LogP contribution >= 0.6 is 23.2 Å². The van der Waals surface area contributed by atoms with Crippen molar-refractivity contribution < 1.29 is 14.3 Å². The van der Waals surface area contributed by atoms with Gasteiger partial charge in [0.15, 0.2) is 6.61 Å². The molecule has 0 unspecified atom stereocenters. The number of anilines is 1. The van der Waals surface area contributed by atoms with E-state index >= 15 is 0 Å². The molecule has 0 aliphatic heterocycles. The van der Waals surface area contributed by atoms with Crippen LogP contribution in [0.1, 0.15) is 12.0 Å². The molecule has 3 rings (SSSR count). The highest BCUT2D eigenvalue weighted by atomic mass is 35.5. The first-order valence-corrected chi connectivity index (χ1v) is 8.74. The topological polar surface area (TPSA) is 71.2 Å². The number of benzene rings is 2. The van der Waals surface area contributed by atoms with Gasteiger partial charge in [0, 0.05) is 28.5 Å². The third-order valence-electron chi connectivity index (χ3n) is 3.84. The number of carbonyl (C=O) groups is 2. The predicted octanol–water partition coefficient (Wildman–Crippen LogP) is 4.59. The number of H-pyrrole nitrogens is 1. The number of aromatic nitrogens is 1. The Morgan fingerprint density at radius 1 is 1.12 bits per heavy atom. The number of rotatable bonds is 6. The maximum Gasteiger partial charge on any atom is 0.306 e. The molecule has 0 saturated carbocycles. The second-order valence-electron chi connectivity index (χ2n) is 5.69. The molecule has 0 aliphatic rings. The molecule has 2 aromatic carbocycles. The van der Waals surface area contributed by atoms with Gasteiger partial charge in [0.1, 0.15) is 0 Å². The zero-order valence-corrected chi connectivity index (χ0v) is 15.2. The fraction of sp³-hybridized carbons (Fsp3) is 0.158. The highest BCUT2D eigenvalue weighted by Crippen LogP contribution is 2.25. The maximum absolute atomic E-state index is 11.9. The van der Waals surface area contributed by atoms with Crippen molar-refractivity contribution in [3.05, 3.63) is 64.3 Å². The number of aromatic amines is 1. The number of halogens is 2. The number of amides is 1. The van der Waals surface area contributed by atoms with Crippen molar-refractivity contribution in [1.82, 2.24) is 4.98 Å². The van der Waals surface area contributed by atoms with Crippen molar-refractivity contribution in [1.29, 1.82) is 0 Å². The van der Waals surface area contributed by atoms with Crippen LogP contribution in [0.5, 0.6) is 0 Å². The number of hydrogen-bond donors (Lipinski definition) is 2. The molecule has 5 nitrogen and oxygen atoms in total. The number of fused-ring (bicyclic) bond motifs is 1. The molecule has 2 N–H and O–H groups in total. The van der Waals surface area contributed by atoms with E-state index in [0.717, 1.165) is 16.5 Å². The van der Waals surface area contributed by atoms with Gasteiger partial charge in [0.25, 0.3) is 5.91 Å². The van der Waals surface area contributed by atoms with Gasteiger partial charge in [-0.25, -0.2) is 0 Å². The summed E-state index contributed by atoms with van der Waals surface area (Å²) in [7, 11) is 0. The van der Waals surface area contributed by atoms with Gasteiger partial charge in [-0.1, -0.05) is 41.4 Å². The van der Waals surface area contributed by atoms with E-state index in [4.69, 9.17) is 27.9 Å². The average Bonchev–Trinajstić information content (AvgIpc) is 3.04. The Kier molecular flexibility index (Phi) is 5.81. The lowest BCUT2D eigenvalue weighted by atomic mass is 10.1. The third-order valence-corrected chi connectivity index (χ3v) is 4.39. The molecule has 0 bridgehead atoms. The van der Waals surface area contributed by atoms with Crippen LogP contribution in [-0.2, 0) is 20.7 Å². The van der Waals surface area contributed by atoms with Gasteiger partial charge in [0.05, 0.1) is 10.7 Å². The highest BCUT2D eigenvalue weighted by molar-refractivity contribution is 6.36. The average molecular weight is 391 g/mol. The molecule has 134 valence electrons. The van der Waals surface area contributed by atoms with Crippen LogP contribution in [0.2, 0.25) is 10.0 Å². The van der Waals surface area contributed by atoms with Crippen LogP contribution < -0.4 is 5.32 Å². The summed E-state index contributed by atoms with van der Waals surface area (Å²) < 4.78 is 5.02. The van der Waals surface area contributed by atoms with Gasteiger partial charge in [-0.15, -0.1) is 0 Å². The van der Waals surface area contributed by atoms with Crippen LogP contribution in [0.4, 0.5) is 5.69 Å². The summed E-state index contributed by atoms with van der Waals surface area (Å²) in [6.07, 6.45) is 2.61. The second-order valence-corrected chi connectivity index (χ2v) is 6.54. The molecule has 26 heavy (non-hydrogen) atoms. The van der Waals surface area contributed by atoms with E-state index in [1.807, 2.05) is 30.5 Å². The number of esters is 1. The fourth-order valence-corrected chi connectivity index (χ4v) is 3.03. The van der Waals surface area contributed by atoms with E-state index in [0.29, 0.717) is 22.2 Å². The summed E-state index contributed by atoms with van der Waals surface area (Å²) in [4.78, 5) is 26.9. The smallest absolute Gasteiger partial charge is 0.306 e. The Hall–Kier alpha value is -2.50. The van der Waals surface area contributed by atoms with E-state index < -0.39 is 11.9 Å². The maximum atomic E-state index is 11.9. The molecule has 0 radical (unpaired) electrons. The lowest BCUT2D eigenvalue weighted by molar-refractivity contribution is -0.147. The quantitative estimate of drug-likeness (QED) is 0.604. The molecular weight excluding hydrogens is 375 g/mol. The molecule has 1 amide bonds. The van der Waals surface area contributed by atoms with Crippen molar-refractivity contribution in [2.75, 3.05) is 11.9 Å². The Bertz CT molecular complexity index is 953. The first-order valence-electron chi connectivity index (χ1n) is 7.98. The number of hydrogen-bond acceptors (Lipinski definition) is 3. The minimum atomic E-state index is -0.463. The summed E-state index contributed by atoms with van der Waals surface area (Å²) >= 11 is 11.8. The van der Waals surface area contributed by atoms with Crippen molar-refractivity contribution >= 4 is 51.7 Å². The molecular formula is C19H16Cl2N2O3. The van der Waals surface area contributed by atoms with E-state index in [1.54, 1.807) is 12.1 Å². The van der Waals surface area contributed by atoms with E-state index in [1.165, 1.54) is 6.07 Å². The van der Waals surface area contributed by atoms with Crippen molar-refractivity contribution in [3.8, 4) is 0 Å². The van der Waals surface area contributed by atoms with E-state index in [2.05, 4.69) is 10.3 Å². The summed E-state index contributed by atoms with van der Waals surface area (Å²) in [6, 6.07) is 12.6. The van der Waals surface area contributed by atoms with Gasteiger partial charge < -0.3 is 15.0 Å². The zero-order valence-electron chi connectivity index (χ0n) is 13.7. The number of nitrogens with one attached hydrogen (secondary N) is 2. The van der Waals surface area contributed by atoms with Crippen LogP contribution in [0.25, 0.3) is 10.9 Å². The van der Waals surface area contributed by atoms with Gasteiger partial charge in [-0.2, -0.15) is 0 Å². The lowest BCUT2D eigenvalue weighted by Gasteiger charge is -2.08. The zero-order chi connectivity index (χ0) is 18.5. The van der Waals surface area contributed by atoms with Crippen molar-refractivity contribution in [3.63, 3.8) is 0 Å². The molecule has 1 aromatic heterocycles. The van der Waals surface area contributed by atoms with E-state index in [-0.39, 0.29) is 13.0 Å². The molecule has 0 aliphatic carbocycles. The standard InChI is InChI=1S/C19H16Cl2N2O3/c20-13-6-7-17(15(21)9-13)23-18(24)11-26-19(25)8-5-12-10-22-16-4-2-1-3-14(12)16/h1-4,6-7,9-10,22H,5,8,11H2,(H,23,24). The monoisotopic (exact) mass is 390 g/mol. The molecule has 1 heterocycles. The summed E-state index contributed by atoms with van der Waals surface area (Å²) in [5.74, 6) is -0.901. The van der Waals surface area contributed by atoms with Crippen LogP contribution in [0.3, 0.4) is 0 Å². The molecule has 7 heteroatoms. The van der Waals surface area contributed by atoms with Crippen LogP contribution in [0.15, 0.2) is 48.7 Å². The number of para-hydroxylation sites is 1. The Labute approximate surface area is 160 Å². The van der Waals surface area contributed by atoms with Crippen LogP contribution in [0, 0.1) is 0 Å². The number of aryl methyl sites for hydroxylation is 1. The minimum absolute atomic E-state index is 0.191. The molecule has 0 fully saturated rings. The largest absolute Gasteiger partial charge is 0.456 e. The Morgan fingerprint density at radius 2 is 1.92 bits per heavy atom. The fourth-order valence-electron chi connectivity index (χ4n) is 2.57. The number of ether oxygens (including phenoxy) is 1. The normalized spacial score (nSPS) is 10.7. The summed E-state index contributed by atoms with van der Waals surface area (Å²) in [5.41, 5.74) is 2.47. The van der Waals surface area contributed by atoms with Gasteiger partial charge in [0.2, 0.25) is 0 Å². The first kappa shape index (κ1) is 18.3. The van der Waals surface area contributed by atoms with Crippen molar-refractivity contribution in [2.45, 2.75) is 12.8 Å². The summed E-state index contributed by atoms with van der Waals surface area (Å²) in [5, 5.41) is 4.44. The predicted molar refractivity (Wildman–Crippen MR) is 103 cm³/mol. The Balaban J connectivity index is 1.47. The minimum Gasteiger partial charge on any atom is -0.456 e. The van der Waals surface area contributed by atoms with Gasteiger partial charge >= 0.3 is 5.97 Å². The number of carbonyl (C=O) groups excluding carboxylic acids is 2. The van der Waals surface area contributed by atoms with E-state index in [9.17, 15) is 9.59 Å². The lowest BCUT2D eigenvalue weighted by Crippen LogP contribution is -2.21. The van der Waals surface area contributed by atoms with Crippen molar-refractivity contribution in [2.24, 2.45) is 0 Å².